The molecule has 0 aliphatic carbocycles. The number of hydrogen-bond donors (Lipinski definition) is 0. The summed E-state index contributed by atoms with van der Waals surface area (Å²) < 4.78 is 7.60. The van der Waals surface area contributed by atoms with E-state index in [4.69, 9.17) is 16.3 Å². The minimum atomic E-state index is -0.0915. The fraction of sp³-hybridized carbons (Fsp3) is 0.316. The summed E-state index contributed by atoms with van der Waals surface area (Å²) in [6, 6.07) is 10.7. The number of thioether (sulfide) groups is 1. The second kappa shape index (κ2) is 9.50. The maximum atomic E-state index is 12.9. The Balaban J connectivity index is 1.85. The van der Waals surface area contributed by atoms with Crippen LogP contribution in [0.5, 0.6) is 0 Å². The SMILES string of the molecule is CCOCCCn1c(SCC(=O)c2ccc(Cl)s2)nc2ccccc2c1=O. The van der Waals surface area contributed by atoms with Crippen LogP contribution < -0.4 is 5.56 Å². The Labute approximate surface area is 170 Å². The highest BCUT2D eigenvalue weighted by Crippen LogP contribution is 2.25. The van der Waals surface area contributed by atoms with Gasteiger partial charge < -0.3 is 4.74 Å². The number of fused-ring (bicyclic) bond motifs is 1. The molecule has 2 aromatic heterocycles. The summed E-state index contributed by atoms with van der Waals surface area (Å²) in [6.45, 7) is 3.66. The molecular formula is C19H19ClN2O3S2. The van der Waals surface area contributed by atoms with Gasteiger partial charge in [-0.15, -0.1) is 11.3 Å². The van der Waals surface area contributed by atoms with Crippen molar-refractivity contribution in [1.29, 1.82) is 0 Å². The number of Topliss-reactive ketones (excluding diaryl/α,β-unsaturated/α-hetero) is 1. The number of rotatable bonds is 9. The normalized spacial score (nSPS) is 11.2. The first kappa shape index (κ1) is 20.1. The summed E-state index contributed by atoms with van der Waals surface area (Å²) in [7, 11) is 0. The van der Waals surface area contributed by atoms with Crippen LogP contribution in [-0.4, -0.2) is 34.3 Å². The van der Waals surface area contributed by atoms with Gasteiger partial charge in [-0.05, 0) is 37.6 Å². The van der Waals surface area contributed by atoms with E-state index in [-0.39, 0.29) is 17.1 Å². The number of hydrogen-bond acceptors (Lipinski definition) is 6. The highest BCUT2D eigenvalue weighted by atomic mass is 35.5. The smallest absolute Gasteiger partial charge is 0.262 e. The number of thiophene rings is 1. The minimum Gasteiger partial charge on any atom is -0.382 e. The average Bonchev–Trinajstić information content (AvgIpc) is 3.11. The van der Waals surface area contributed by atoms with Crippen LogP contribution in [0.15, 0.2) is 46.3 Å². The summed E-state index contributed by atoms with van der Waals surface area (Å²) in [5, 5.41) is 1.13. The first-order valence-corrected chi connectivity index (χ1v) is 10.8. The lowest BCUT2D eigenvalue weighted by Crippen LogP contribution is -2.24. The number of carbonyl (C=O) groups is 1. The van der Waals surface area contributed by atoms with Gasteiger partial charge in [-0.2, -0.15) is 0 Å². The standard InChI is InChI=1S/C19H19ClN2O3S2/c1-2-25-11-5-10-22-18(24)13-6-3-4-7-14(13)21-19(22)26-12-15(23)16-8-9-17(20)27-16/h3-4,6-9H,2,5,10-12H2,1H3. The molecule has 0 saturated heterocycles. The zero-order valence-corrected chi connectivity index (χ0v) is 17.2. The van der Waals surface area contributed by atoms with Crippen molar-refractivity contribution in [2.75, 3.05) is 19.0 Å². The van der Waals surface area contributed by atoms with Gasteiger partial charge in [0.25, 0.3) is 5.56 Å². The van der Waals surface area contributed by atoms with Crippen molar-refractivity contribution in [3.63, 3.8) is 0 Å². The number of nitrogens with zero attached hydrogens (tertiary/aromatic N) is 2. The molecule has 8 heteroatoms. The number of aromatic nitrogens is 2. The third-order valence-electron chi connectivity index (χ3n) is 3.88. The van der Waals surface area contributed by atoms with E-state index in [1.54, 1.807) is 22.8 Å². The molecule has 0 N–H and O–H groups in total. The molecule has 0 spiro atoms. The lowest BCUT2D eigenvalue weighted by Gasteiger charge is -2.12. The predicted molar refractivity (Wildman–Crippen MR) is 111 cm³/mol. The quantitative estimate of drug-likeness (QED) is 0.220. The van der Waals surface area contributed by atoms with Crippen molar-refractivity contribution in [3.8, 4) is 0 Å². The molecule has 0 unspecified atom stereocenters. The fourth-order valence-corrected chi connectivity index (χ4v) is 4.57. The van der Waals surface area contributed by atoms with Crippen LogP contribution in [0, 0.1) is 0 Å². The summed E-state index contributed by atoms with van der Waals surface area (Å²) in [5.74, 6) is 0.174. The highest BCUT2D eigenvalue weighted by Gasteiger charge is 2.15. The Morgan fingerprint density at radius 3 is 2.85 bits per heavy atom. The maximum absolute atomic E-state index is 12.9. The molecule has 0 radical (unpaired) electrons. The van der Waals surface area contributed by atoms with Gasteiger partial charge >= 0.3 is 0 Å². The minimum absolute atomic E-state index is 0.0276. The lowest BCUT2D eigenvalue weighted by atomic mass is 10.2. The van der Waals surface area contributed by atoms with Gasteiger partial charge in [0.15, 0.2) is 10.9 Å². The van der Waals surface area contributed by atoms with E-state index >= 15 is 0 Å². The van der Waals surface area contributed by atoms with Gasteiger partial charge in [-0.3, -0.25) is 14.2 Å². The Morgan fingerprint density at radius 2 is 2.11 bits per heavy atom. The van der Waals surface area contributed by atoms with Crippen molar-refractivity contribution >= 4 is 51.4 Å². The van der Waals surface area contributed by atoms with Crippen LogP contribution in [0.1, 0.15) is 23.0 Å². The summed E-state index contributed by atoms with van der Waals surface area (Å²) in [5.41, 5.74) is 0.545. The molecular weight excluding hydrogens is 404 g/mol. The molecule has 2 heterocycles. The average molecular weight is 423 g/mol. The molecule has 3 aromatic rings. The van der Waals surface area contributed by atoms with E-state index in [0.29, 0.717) is 51.5 Å². The lowest BCUT2D eigenvalue weighted by molar-refractivity contribution is 0.102. The second-order valence-electron chi connectivity index (χ2n) is 5.73. The topological polar surface area (TPSA) is 61.2 Å². The van der Waals surface area contributed by atoms with E-state index in [2.05, 4.69) is 4.98 Å². The third kappa shape index (κ3) is 4.99. The van der Waals surface area contributed by atoms with E-state index in [1.165, 1.54) is 23.1 Å². The first-order valence-electron chi connectivity index (χ1n) is 8.58. The van der Waals surface area contributed by atoms with Gasteiger partial charge in [-0.25, -0.2) is 4.98 Å². The number of ketones is 1. The van der Waals surface area contributed by atoms with Crippen LogP contribution in [0.3, 0.4) is 0 Å². The molecule has 0 atom stereocenters. The summed E-state index contributed by atoms with van der Waals surface area (Å²) >= 11 is 8.44. The number of carbonyl (C=O) groups excluding carboxylic acids is 1. The number of para-hydroxylation sites is 1. The molecule has 1 aromatic carbocycles. The summed E-state index contributed by atoms with van der Waals surface area (Å²) in [6.07, 6.45) is 0.704. The van der Waals surface area contributed by atoms with Crippen LogP contribution in [-0.2, 0) is 11.3 Å². The molecule has 0 saturated carbocycles. The molecule has 27 heavy (non-hydrogen) atoms. The zero-order valence-electron chi connectivity index (χ0n) is 14.8. The van der Waals surface area contributed by atoms with Crippen molar-refractivity contribution < 1.29 is 9.53 Å². The molecule has 0 amide bonds. The van der Waals surface area contributed by atoms with E-state index in [0.717, 1.165) is 0 Å². The van der Waals surface area contributed by atoms with E-state index in [9.17, 15) is 9.59 Å². The Bertz CT molecular complexity index is 1000. The van der Waals surface area contributed by atoms with Crippen LogP contribution in [0.25, 0.3) is 10.9 Å². The number of halogens is 1. The van der Waals surface area contributed by atoms with Crippen LogP contribution >= 0.6 is 34.7 Å². The van der Waals surface area contributed by atoms with Gasteiger partial charge in [0.05, 0.1) is 25.9 Å². The molecule has 0 bridgehead atoms. The summed E-state index contributed by atoms with van der Waals surface area (Å²) in [4.78, 5) is 30.5. The van der Waals surface area contributed by atoms with Gasteiger partial charge in [-0.1, -0.05) is 35.5 Å². The van der Waals surface area contributed by atoms with Gasteiger partial charge in [0.1, 0.15) is 0 Å². The Kier molecular flexibility index (Phi) is 7.07. The predicted octanol–water partition coefficient (Wildman–Crippen LogP) is 4.51. The van der Waals surface area contributed by atoms with E-state index < -0.39 is 0 Å². The molecule has 0 fully saturated rings. The highest BCUT2D eigenvalue weighted by molar-refractivity contribution is 7.99. The number of benzene rings is 1. The molecule has 5 nitrogen and oxygen atoms in total. The molecule has 3 rings (SSSR count). The molecule has 142 valence electrons. The molecule has 0 aliphatic heterocycles. The first-order chi connectivity index (χ1) is 13.1. The monoisotopic (exact) mass is 422 g/mol. The zero-order chi connectivity index (χ0) is 19.2. The van der Waals surface area contributed by atoms with Crippen molar-refractivity contribution in [2.24, 2.45) is 0 Å². The second-order valence-corrected chi connectivity index (χ2v) is 8.39. The fourth-order valence-electron chi connectivity index (χ4n) is 2.59. The van der Waals surface area contributed by atoms with Crippen LogP contribution in [0.4, 0.5) is 0 Å². The maximum Gasteiger partial charge on any atom is 0.262 e. The molecule has 0 aliphatic rings. The van der Waals surface area contributed by atoms with Crippen molar-refractivity contribution in [2.45, 2.75) is 25.0 Å². The van der Waals surface area contributed by atoms with Crippen LogP contribution in [0.2, 0.25) is 4.34 Å². The largest absolute Gasteiger partial charge is 0.382 e. The number of ether oxygens (including phenoxy) is 1. The Morgan fingerprint density at radius 1 is 1.30 bits per heavy atom. The third-order valence-corrected chi connectivity index (χ3v) is 6.13. The van der Waals surface area contributed by atoms with E-state index in [1.807, 2.05) is 25.1 Å². The Hall–Kier alpha value is -1.67. The van der Waals surface area contributed by atoms with Gasteiger partial charge in [0.2, 0.25) is 0 Å². The van der Waals surface area contributed by atoms with Crippen molar-refractivity contribution in [1.82, 2.24) is 9.55 Å². The van der Waals surface area contributed by atoms with Crippen molar-refractivity contribution in [3.05, 3.63) is 56.0 Å². The van der Waals surface area contributed by atoms with Gasteiger partial charge in [0, 0.05) is 19.8 Å².